The van der Waals surface area contributed by atoms with Gasteiger partial charge in [0, 0.05) is 26.2 Å². The monoisotopic (exact) mass is 348 g/mol. The van der Waals surface area contributed by atoms with Crippen molar-refractivity contribution in [3.05, 3.63) is 29.3 Å². The minimum atomic E-state index is -0.503. The third-order valence-electron chi connectivity index (χ3n) is 4.52. The summed E-state index contributed by atoms with van der Waals surface area (Å²) in [5, 5.41) is 0. The van der Waals surface area contributed by atoms with Crippen LogP contribution in [0.1, 0.15) is 31.4 Å². The van der Waals surface area contributed by atoms with E-state index in [-0.39, 0.29) is 12.0 Å². The molecular formula is C19H28N2O4. The number of piperazine rings is 1. The van der Waals surface area contributed by atoms with Crippen molar-refractivity contribution in [3.8, 4) is 5.75 Å². The first-order valence-corrected chi connectivity index (χ1v) is 8.90. The van der Waals surface area contributed by atoms with Crippen LogP contribution in [0.4, 0.5) is 4.79 Å². The van der Waals surface area contributed by atoms with E-state index in [1.807, 2.05) is 39.0 Å². The normalized spacial score (nSPS) is 15.7. The summed E-state index contributed by atoms with van der Waals surface area (Å²) in [6, 6.07) is 5.86. The second-order valence-corrected chi connectivity index (χ2v) is 6.27. The molecule has 0 unspecified atom stereocenters. The van der Waals surface area contributed by atoms with Gasteiger partial charge in [-0.2, -0.15) is 0 Å². The first-order valence-electron chi connectivity index (χ1n) is 8.90. The number of amides is 2. The van der Waals surface area contributed by atoms with E-state index in [1.165, 1.54) is 5.56 Å². The molecule has 6 heteroatoms. The SMILES string of the molecule is CCOC(=O)N1CCN(C(=O)[C@H](CC)Oc2ccc(C)c(C)c2)CC1. The Kier molecular flexibility index (Phi) is 6.67. The molecule has 1 atom stereocenters. The van der Waals surface area contributed by atoms with E-state index < -0.39 is 6.10 Å². The molecule has 25 heavy (non-hydrogen) atoms. The van der Waals surface area contributed by atoms with Gasteiger partial charge in [0.2, 0.25) is 0 Å². The molecule has 0 saturated carbocycles. The average Bonchev–Trinajstić information content (AvgIpc) is 2.62. The highest BCUT2D eigenvalue weighted by molar-refractivity contribution is 5.81. The maximum Gasteiger partial charge on any atom is 0.409 e. The molecule has 0 radical (unpaired) electrons. The van der Waals surface area contributed by atoms with Gasteiger partial charge < -0.3 is 19.3 Å². The number of rotatable bonds is 5. The number of hydrogen-bond donors (Lipinski definition) is 0. The molecule has 0 spiro atoms. The molecule has 0 bridgehead atoms. The number of hydrogen-bond acceptors (Lipinski definition) is 4. The second kappa shape index (κ2) is 8.74. The Bertz CT molecular complexity index is 609. The van der Waals surface area contributed by atoms with Gasteiger partial charge >= 0.3 is 6.09 Å². The van der Waals surface area contributed by atoms with Crippen LogP contribution in [0.15, 0.2) is 18.2 Å². The maximum atomic E-state index is 12.8. The van der Waals surface area contributed by atoms with Gasteiger partial charge in [-0.15, -0.1) is 0 Å². The van der Waals surface area contributed by atoms with Crippen molar-refractivity contribution in [1.29, 1.82) is 0 Å². The molecule has 2 rings (SSSR count). The standard InChI is InChI=1S/C19H28N2O4/c1-5-17(25-16-8-7-14(3)15(4)13-16)18(22)20-9-11-21(12-10-20)19(23)24-6-2/h7-8,13,17H,5-6,9-12H2,1-4H3/t17-/m0/s1. The Morgan fingerprint density at radius 3 is 2.24 bits per heavy atom. The van der Waals surface area contributed by atoms with Crippen molar-refractivity contribution in [2.75, 3.05) is 32.8 Å². The summed E-state index contributed by atoms with van der Waals surface area (Å²) in [5.74, 6) is 0.692. The van der Waals surface area contributed by atoms with Gasteiger partial charge in [0.25, 0.3) is 5.91 Å². The topological polar surface area (TPSA) is 59.1 Å². The minimum Gasteiger partial charge on any atom is -0.481 e. The Morgan fingerprint density at radius 1 is 1.04 bits per heavy atom. The van der Waals surface area contributed by atoms with Crippen LogP contribution >= 0.6 is 0 Å². The van der Waals surface area contributed by atoms with Crippen LogP contribution in [0.25, 0.3) is 0 Å². The van der Waals surface area contributed by atoms with Crippen molar-refractivity contribution in [1.82, 2.24) is 9.80 Å². The number of carbonyl (C=O) groups excluding carboxylic acids is 2. The largest absolute Gasteiger partial charge is 0.481 e. The quantitative estimate of drug-likeness (QED) is 0.821. The van der Waals surface area contributed by atoms with Gasteiger partial charge in [-0.1, -0.05) is 13.0 Å². The zero-order valence-electron chi connectivity index (χ0n) is 15.6. The summed E-state index contributed by atoms with van der Waals surface area (Å²) >= 11 is 0. The third kappa shape index (κ3) is 4.87. The summed E-state index contributed by atoms with van der Waals surface area (Å²) < 4.78 is 10.9. The molecule has 1 aromatic carbocycles. The fourth-order valence-electron chi connectivity index (χ4n) is 2.79. The van der Waals surface area contributed by atoms with Crippen LogP contribution in [0.2, 0.25) is 0 Å². The molecule has 1 heterocycles. The van der Waals surface area contributed by atoms with Crippen molar-refractivity contribution >= 4 is 12.0 Å². The van der Waals surface area contributed by atoms with Crippen LogP contribution in [-0.4, -0.2) is 60.7 Å². The predicted molar refractivity (Wildman–Crippen MR) is 95.8 cm³/mol. The number of nitrogens with zero attached hydrogens (tertiary/aromatic N) is 2. The van der Waals surface area contributed by atoms with Gasteiger partial charge in [0.1, 0.15) is 5.75 Å². The van der Waals surface area contributed by atoms with E-state index in [9.17, 15) is 9.59 Å². The van der Waals surface area contributed by atoms with Crippen molar-refractivity contribution in [3.63, 3.8) is 0 Å². The molecule has 0 aromatic heterocycles. The van der Waals surface area contributed by atoms with E-state index in [0.717, 1.165) is 5.56 Å². The maximum absolute atomic E-state index is 12.8. The molecule has 138 valence electrons. The van der Waals surface area contributed by atoms with E-state index in [1.54, 1.807) is 16.7 Å². The lowest BCUT2D eigenvalue weighted by Gasteiger charge is -2.35. The first kappa shape index (κ1) is 19.1. The fraction of sp³-hybridized carbons (Fsp3) is 0.579. The summed E-state index contributed by atoms with van der Waals surface area (Å²) in [4.78, 5) is 27.9. The minimum absolute atomic E-state index is 0.0239. The highest BCUT2D eigenvalue weighted by atomic mass is 16.6. The van der Waals surface area contributed by atoms with Crippen molar-refractivity contribution < 1.29 is 19.1 Å². The van der Waals surface area contributed by atoms with E-state index >= 15 is 0 Å². The summed E-state index contributed by atoms with van der Waals surface area (Å²) in [6.45, 7) is 10.2. The van der Waals surface area contributed by atoms with Gasteiger partial charge in [-0.05, 0) is 50.5 Å². The summed E-state index contributed by atoms with van der Waals surface area (Å²) in [6.07, 6.45) is -0.214. The second-order valence-electron chi connectivity index (χ2n) is 6.27. The lowest BCUT2D eigenvalue weighted by molar-refractivity contribution is -0.140. The zero-order valence-corrected chi connectivity index (χ0v) is 15.6. The van der Waals surface area contributed by atoms with E-state index in [4.69, 9.17) is 9.47 Å². The highest BCUT2D eigenvalue weighted by Crippen LogP contribution is 2.19. The average molecular weight is 348 g/mol. The molecule has 0 aliphatic carbocycles. The Hall–Kier alpha value is -2.24. The highest BCUT2D eigenvalue weighted by Gasteiger charge is 2.29. The Balaban J connectivity index is 1.94. The lowest BCUT2D eigenvalue weighted by Crippen LogP contribution is -2.53. The summed E-state index contributed by atoms with van der Waals surface area (Å²) in [5.41, 5.74) is 2.34. The van der Waals surface area contributed by atoms with Crippen LogP contribution in [0.3, 0.4) is 0 Å². The zero-order chi connectivity index (χ0) is 18.4. The van der Waals surface area contributed by atoms with Gasteiger partial charge in [-0.3, -0.25) is 4.79 Å². The molecule has 0 N–H and O–H groups in total. The predicted octanol–water partition coefficient (Wildman–Crippen LogP) is 2.76. The fourth-order valence-corrected chi connectivity index (χ4v) is 2.79. The molecule has 2 amide bonds. The lowest BCUT2D eigenvalue weighted by atomic mass is 10.1. The number of carbonyl (C=O) groups is 2. The van der Waals surface area contributed by atoms with Crippen molar-refractivity contribution in [2.24, 2.45) is 0 Å². The third-order valence-corrected chi connectivity index (χ3v) is 4.52. The van der Waals surface area contributed by atoms with Crippen LogP contribution in [0, 0.1) is 13.8 Å². The van der Waals surface area contributed by atoms with Gasteiger partial charge in [0.15, 0.2) is 6.10 Å². The number of benzene rings is 1. The molecule has 6 nitrogen and oxygen atoms in total. The summed E-state index contributed by atoms with van der Waals surface area (Å²) in [7, 11) is 0. The van der Waals surface area contributed by atoms with E-state index in [0.29, 0.717) is 45.0 Å². The number of aryl methyl sites for hydroxylation is 2. The smallest absolute Gasteiger partial charge is 0.409 e. The van der Waals surface area contributed by atoms with E-state index in [2.05, 4.69) is 0 Å². The van der Waals surface area contributed by atoms with Crippen LogP contribution < -0.4 is 4.74 Å². The van der Waals surface area contributed by atoms with Gasteiger partial charge in [0.05, 0.1) is 6.61 Å². The Morgan fingerprint density at radius 2 is 1.68 bits per heavy atom. The molecule has 1 aliphatic rings. The molecule has 1 saturated heterocycles. The van der Waals surface area contributed by atoms with Crippen LogP contribution in [0.5, 0.6) is 5.75 Å². The van der Waals surface area contributed by atoms with Gasteiger partial charge in [-0.25, -0.2) is 4.79 Å². The first-order chi connectivity index (χ1) is 12.0. The molecule has 1 aromatic rings. The molecular weight excluding hydrogens is 320 g/mol. The molecule has 1 aliphatic heterocycles. The number of ether oxygens (including phenoxy) is 2. The van der Waals surface area contributed by atoms with Crippen molar-refractivity contribution in [2.45, 2.75) is 40.2 Å². The Labute approximate surface area is 149 Å². The van der Waals surface area contributed by atoms with Crippen LogP contribution in [-0.2, 0) is 9.53 Å². The molecule has 1 fully saturated rings.